The number of hydrogen-bond donors (Lipinski definition) is 2. The van der Waals surface area contributed by atoms with Crippen molar-refractivity contribution >= 4 is 29.9 Å². The van der Waals surface area contributed by atoms with Crippen molar-refractivity contribution in [1.29, 1.82) is 0 Å². The number of rotatable bonds is 6. The van der Waals surface area contributed by atoms with Gasteiger partial charge in [-0.05, 0) is 42.2 Å². The molecule has 0 unspecified atom stereocenters. The van der Waals surface area contributed by atoms with Gasteiger partial charge in [-0.25, -0.2) is 8.78 Å². The Balaban J connectivity index is 0.00000288. The predicted octanol–water partition coefficient (Wildman–Crippen LogP) is 3.53. The summed E-state index contributed by atoms with van der Waals surface area (Å²) in [4.78, 5) is 4.12. The van der Waals surface area contributed by atoms with Gasteiger partial charge in [-0.3, -0.25) is 4.99 Å². The molecule has 0 bridgehead atoms. The Bertz CT molecular complexity index is 648. The minimum absolute atomic E-state index is 0. The van der Waals surface area contributed by atoms with Crippen LogP contribution in [-0.2, 0) is 12.8 Å². The average Bonchev–Trinajstić information content (AvgIpc) is 2.57. The SMILES string of the molecule is CN=C(NCCc1ccccc1)NCCc1cc(F)ccc1F.I. The lowest BCUT2D eigenvalue weighted by atomic mass is 10.1. The molecule has 0 aliphatic carbocycles. The van der Waals surface area contributed by atoms with E-state index in [2.05, 4.69) is 27.8 Å². The van der Waals surface area contributed by atoms with Gasteiger partial charge >= 0.3 is 0 Å². The summed E-state index contributed by atoms with van der Waals surface area (Å²) < 4.78 is 26.6. The van der Waals surface area contributed by atoms with Gasteiger partial charge in [0, 0.05) is 20.1 Å². The summed E-state index contributed by atoms with van der Waals surface area (Å²) in [7, 11) is 1.68. The van der Waals surface area contributed by atoms with Crippen molar-refractivity contribution in [3.05, 3.63) is 71.3 Å². The molecule has 2 aromatic carbocycles. The fourth-order valence-electron chi connectivity index (χ4n) is 2.24. The van der Waals surface area contributed by atoms with Gasteiger partial charge in [0.25, 0.3) is 0 Å². The summed E-state index contributed by atoms with van der Waals surface area (Å²) in [6, 6.07) is 13.7. The molecule has 2 rings (SSSR count). The molecule has 130 valence electrons. The maximum Gasteiger partial charge on any atom is 0.190 e. The lowest BCUT2D eigenvalue weighted by Gasteiger charge is -2.12. The van der Waals surface area contributed by atoms with Crippen LogP contribution in [0.15, 0.2) is 53.5 Å². The molecular formula is C18H22F2IN3. The van der Waals surface area contributed by atoms with Crippen LogP contribution in [0.4, 0.5) is 8.78 Å². The molecule has 0 aromatic heterocycles. The molecule has 2 N–H and O–H groups in total. The van der Waals surface area contributed by atoms with Crippen LogP contribution >= 0.6 is 24.0 Å². The summed E-state index contributed by atoms with van der Waals surface area (Å²) in [5.74, 6) is -0.162. The Hall–Kier alpha value is -1.70. The van der Waals surface area contributed by atoms with Gasteiger partial charge in [0.15, 0.2) is 5.96 Å². The fourth-order valence-corrected chi connectivity index (χ4v) is 2.24. The zero-order valence-electron chi connectivity index (χ0n) is 13.6. The summed E-state index contributed by atoms with van der Waals surface area (Å²) in [6.07, 6.45) is 1.28. The molecule has 24 heavy (non-hydrogen) atoms. The number of guanidine groups is 1. The van der Waals surface area contributed by atoms with Gasteiger partial charge in [0.05, 0.1) is 0 Å². The first-order chi connectivity index (χ1) is 11.2. The maximum atomic E-state index is 13.5. The lowest BCUT2D eigenvalue weighted by molar-refractivity contribution is 0.583. The highest BCUT2D eigenvalue weighted by atomic mass is 127. The zero-order valence-corrected chi connectivity index (χ0v) is 15.9. The van der Waals surface area contributed by atoms with Gasteiger partial charge in [0.2, 0.25) is 0 Å². The average molecular weight is 445 g/mol. The number of nitrogens with zero attached hydrogens (tertiary/aromatic N) is 1. The molecule has 0 aliphatic rings. The Morgan fingerprint density at radius 2 is 1.62 bits per heavy atom. The summed E-state index contributed by atoms with van der Waals surface area (Å²) in [5.41, 5.74) is 1.61. The highest BCUT2D eigenvalue weighted by Gasteiger charge is 2.04. The Morgan fingerprint density at radius 3 is 2.29 bits per heavy atom. The van der Waals surface area contributed by atoms with Gasteiger partial charge < -0.3 is 10.6 Å². The van der Waals surface area contributed by atoms with E-state index in [9.17, 15) is 8.78 Å². The van der Waals surface area contributed by atoms with Crippen molar-refractivity contribution in [3.8, 4) is 0 Å². The quantitative estimate of drug-likeness (QED) is 0.406. The molecule has 0 fully saturated rings. The molecular weight excluding hydrogens is 423 g/mol. The van der Waals surface area contributed by atoms with E-state index in [1.54, 1.807) is 7.05 Å². The first-order valence-corrected chi connectivity index (χ1v) is 7.61. The number of benzene rings is 2. The van der Waals surface area contributed by atoms with E-state index in [-0.39, 0.29) is 29.8 Å². The summed E-state index contributed by atoms with van der Waals surface area (Å²) in [6.45, 7) is 1.23. The van der Waals surface area contributed by atoms with Crippen LogP contribution in [0.5, 0.6) is 0 Å². The van der Waals surface area contributed by atoms with E-state index < -0.39 is 5.82 Å². The topological polar surface area (TPSA) is 36.4 Å². The van der Waals surface area contributed by atoms with E-state index in [0.29, 0.717) is 24.5 Å². The second-order valence-corrected chi connectivity index (χ2v) is 5.15. The third-order valence-electron chi connectivity index (χ3n) is 3.47. The Kier molecular flexibility index (Phi) is 9.29. The van der Waals surface area contributed by atoms with Gasteiger partial charge in [-0.15, -0.1) is 24.0 Å². The first kappa shape index (κ1) is 20.3. The minimum atomic E-state index is -0.424. The molecule has 2 aromatic rings. The highest BCUT2D eigenvalue weighted by molar-refractivity contribution is 14.0. The van der Waals surface area contributed by atoms with Gasteiger partial charge in [-0.1, -0.05) is 30.3 Å². The molecule has 0 saturated carbocycles. The van der Waals surface area contributed by atoms with Crippen molar-refractivity contribution in [2.24, 2.45) is 4.99 Å². The highest BCUT2D eigenvalue weighted by Crippen LogP contribution is 2.09. The molecule has 0 amide bonds. The van der Waals surface area contributed by atoms with Crippen LogP contribution in [0.25, 0.3) is 0 Å². The second-order valence-electron chi connectivity index (χ2n) is 5.15. The summed E-state index contributed by atoms with van der Waals surface area (Å²) >= 11 is 0. The van der Waals surface area contributed by atoms with Crippen molar-refractivity contribution in [2.45, 2.75) is 12.8 Å². The molecule has 0 radical (unpaired) electrons. The third-order valence-corrected chi connectivity index (χ3v) is 3.47. The third kappa shape index (κ3) is 6.82. The molecule has 0 heterocycles. The van der Waals surface area contributed by atoms with Crippen molar-refractivity contribution in [3.63, 3.8) is 0 Å². The largest absolute Gasteiger partial charge is 0.356 e. The molecule has 0 aliphatic heterocycles. The first-order valence-electron chi connectivity index (χ1n) is 7.61. The number of halogens is 3. The monoisotopic (exact) mass is 445 g/mol. The predicted molar refractivity (Wildman–Crippen MR) is 105 cm³/mol. The van der Waals surface area contributed by atoms with Gasteiger partial charge in [-0.2, -0.15) is 0 Å². The van der Waals surface area contributed by atoms with E-state index >= 15 is 0 Å². The molecule has 0 atom stereocenters. The van der Waals surface area contributed by atoms with Crippen molar-refractivity contribution in [2.75, 3.05) is 20.1 Å². The zero-order chi connectivity index (χ0) is 16.5. The van der Waals surface area contributed by atoms with Crippen LogP contribution in [0.3, 0.4) is 0 Å². The number of aliphatic imine (C=N–C) groups is 1. The van der Waals surface area contributed by atoms with E-state index in [1.807, 2.05) is 18.2 Å². The van der Waals surface area contributed by atoms with E-state index in [0.717, 1.165) is 25.1 Å². The molecule has 0 spiro atoms. The lowest BCUT2D eigenvalue weighted by Crippen LogP contribution is -2.39. The summed E-state index contributed by atoms with van der Waals surface area (Å²) in [5, 5.41) is 6.30. The molecule has 6 heteroatoms. The van der Waals surface area contributed by atoms with E-state index in [4.69, 9.17) is 0 Å². The number of nitrogens with one attached hydrogen (secondary N) is 2. The number of hydrogen-bond acceptors (Lipinski definition) is 1. The van der Waals surface area contributed by atoms with E-state index in [1.165, 1.54) is 11.6 Å². The second kappa shape index (κ2) is 11.0. The Morgan fingerprint density at radius 1 is 0.958 bits per heavy atom. The standard InChI is InChI=1S/C18H21F2N3.HI/c1-21-18(22-11-9-14-5-3-2-4-6-14)23-12-10-15-13-16(19)7-8-17(15)20;/h2-8,13H,9-12H2,1H3,(H2,21,22,23);1H. The fraction of sp³-hybridized carbons (Fsp3) is 0.278. The van der Waals surface area contributed by atoms with Crippen LogP contribution in [-0.4, -0.2) is 26.1 Å². The van der Waals surface area contributed by atoms with Crippen LogP contribution in [0, 0.1) is 11.6 Å². The normalized spacial score (nSPS) is 10.9. The van der Waals surface area contributed by atoms with Crippen LogP contribution in [0.1, 0.15) is 11.1 Å². The van der Waals surface area contributed by atoms with Crippen LogP contribution < -0.4 is 10.6 Å². The molecule has 3 nitrogen and oxygen atoms in total. The maximum absolute atomic E-state index is 13.5. The van der Waals surface area contributed by atoms with Crippen molar-refractivity contribution < 1.29 is 8.78 Å². The van der Waals surface area contributed by atoms with Crippen LogP contribution in [0.2, 0.25) is 0 Å². The minimum Gasteiger partial charge on any atom is -0.356 e. The van der Waals surface area contributed by atoms with Gasteiger partial charge in [0.1, 0.15) is 11.6 Å². The molecule has 0 saturated heterocycles. The smallest absolute Gasteiger partial charge is 0.190 e. The Labute approximate surface area is 158 Å². The van der Waals surface area contributed by atoms with Crippen molar-refractivity contribution in [1.82, 2.24) is 10.6 Å².